The van der Waals surface area contributed by atoms with Gasteiger partial charge in [0.15, 0.2) is 0 Å². The van der Waals surface area contributed by atoms with E-state index >= 15 is 4.39 Å². The van der Waals surface area contributed by atoms with Gasteiger partial charge in [-0.2, -0.15) is 0 Å². The lowest BCUT2D eigenvalue weighted by Crippen LogP contribution is -2.59. The van der Waals surface area contributed by atoms with Crippen LogP contribution in [0.4, 0.5) is 10.1 Å². The molecular weight excluding hydrogens is 516 g/mol. The number of aliphatic hydroxyl groups excluding tert-OH is 1. The second-order valence-corrected chi connectivity index (χ2v) is 11.3. The molecule has 1 spiro atoms. The molecule has 3 unspecified atom stereocenters. The van der Waals surface area contributed by atoms with Crippen molar-refractivity contribution in [3.8, 4) is 0 Å². The highest BCUT2D eigenvalue weighted by molar-refractivity contribution is 6.31. The Balaban J connectivity index is 1.70. The second-order valence-electron chi connectivity index (χ2n) is 10.5. The molecule has 0 radical (unpaired) electrons. The van der Waals surface area contributed by atoms with Gasteiger partial charge in [-0.25, -0.2) is 4.39 Å². The highest BCUT2D eigenvalue weighted by Gasteiger charge is 2.71. The summed E-state index contributed by atoms with van der Waals surface area (Å²) < 4.78 is 15.8. The molecule has 2 heterocycles. The van der Waals surface area contributed by atoms with Crippen LogP contribution in [0.25, 0.3) is 0 Å². The molecule has 2 aromatic rings. The smallest absolute Gasteiger partial charge is 0.238 e. The minimum absolute atomic E-state index is 0.0618. The Labute approximate surface area is 226 Å². The van der Waals surface area contributed by atoms with Crippen LogP contribution in [-0.4, -0.2) is 40.6 Å². The average molecular weight is 548 g/mol. The van der Waals surface area contributed by atoms with E-state index in [0.717, 1.165) is 0 Å². The average Bonchev–Trinajstić information content (AvgIpc) is 3.35. The van der Waals surface area contributed by atoms with Crippen molar-refractivity contribution in [2.75, 3.05) is 5.32 Å². The van der Waals surface area contributed by atoms with Gasteiger partial charge in [-0.15, -0.1) is 0 Å². The van der Waals surface area contributed by atoms with Crippen LogP contribution in [0.5, 0.6) is 0 Å². The zero-order chi connectivity index (χ0) is 26.5. The second kappa shape index (κ2) is 9.84. The van der Waals surface area contributed by atoms with Crippen LogP contribution < -0.4 is 16.0 Å². The molecule has 3 atom stereocenters. The number of amides is 2. The first-order chi connectivity index (χ1) is 17.7. The zero-order valence-electron chi connectivity index (χ0n) is 20.9. The first kappa shape index (κ1) is 26.4. The number of hydrogen-bond donors (Lipinski definition) is 4. The van der Waals surface area contributed by atoms with Crippen LogP contribution in [0, 0.1) is 5.82 Å². The summed E-state index contributed by atoms with van der Waals surface area (Å²) in [6.07, 6.45) is 3.25. The van der Waals surface area contributed by atoms with Crippen LogP contribution in [0.3, 0.4) is 0 Å². The van der Waals surface area contributed by atoms with Crippen molar-refractivity contribution in [1.29, 1.82) is 0 Å². The van der Waals surface area contributed by atoms with Gasteiger partial charge in [0.1, 0.15) is 11.2 Å². The summed E-state index contributed by atoms with van der Waals surface area (Å²) in [5, 5.41) is 20.0. The number of hydrogen-bond acceptors (Lipinski definition) is 4. The number of nitrogens with one attached hydrogen (secondary N) is 3. The monoisotopic (exact) mass is 547 g/mol. The van der Waals surface area contributed by atoms with Crippen LogP contribution in [0.1, 0.15) is 69.4 Å². The lowest BCUT2D eigenvalue weighted by Gasteiger charge is -2.44. The van der Waals surface area contributed by atoms with Crippen molar-refractivity contribution in [3.05, 3.63) is 63.4 Å². The Hall–Kier alpha value is -2.19. The van der Waals surface area contributed by atoms with Gasteiger partial charge >= 0.3 is 0 Å². The number of carbonyl (C=O) groups excluding carboxylic acids is 2. The molecule has 4 N–H and O–H groups in total. The fourth-order valence-electron chi connectivity index (χ4n) is 7.05. The van der Waals surface area contributed by atoms with Crippen molar-refractivity contribution in [2.24, 2.45) is 0 Å². The first-order valence-corrected chi connectivity index (χ1v) is 13.8. The zero-order valence-corrected chi connectivity index (χ0v) is 22.4. The molecule has 9 heteroatoms. The van der Waals surface area contributed by atoms with Crippen molar-refractivity contribution in [2.45, 2.75) is 87.4 Å². The maximum atomic E-state index is 15.8. The molecule has 2 aromatic carbocycles. The lowest BCUT2D eigenvalue weighted by atomic mass is 9.57. The fourth-order valence-corrected chi connectivity index (χ4v) is 7.40. The molecule has 1 aliphatic carbocycles. The SMILES string of the molecule is CCC1(CC)NC(C(=O)NC2CCC(O)CC2)C(c2cccc(Cl)c2F)C12C(=O)Nc1cc(Cl)ccc12. The lowest BCUT2D eigenvalue weighted by molar-refractivity contribution is -0.124. The predicted octanol–water partition coefficient (Wildman–Crippen LogP) is 5.06. The van der Waals surface area contributed by atoms with E-state index in [2.05, 4.69) is 16.0 Å². The normalized spacial score (nSPS) is 30.3. The predicted molar refractivity (Wildman–Crippen MR) is 143 cm³/mol. The third kappa shape index (κ3) is 3.97. The Kier molecular flexibility index (Phi) is 7.03. The third-order valence-corrected chi connectivity index (χ3v) is 9.38. The van der Waals surface area contributed by atoms with E-state index in [4.69, 9.17) is 23.2 Å². The van der Waals surface area contributed by atoms with E-state index in [1.54, 1.807) is 24.3 Å². The molecular formula is C28H32Cl2FN3O3. The van der Waals surface area contributed by atoms with Gasteiger partial charge in [-0.05, 0) is 67.9 Å². The van der Waals surface area contributed by atoms with Gasteiger partial charge in [0.25, 0.3) is 0 Å². The summed E-state index contributed by atoms with van der Waals surface area (Å²) in [7, 11) is 0. The first-order valence-electron chi connectivity index (χ1n) is 13.0. The van der Waals surface area contributed by atoms with Crippen molar-refractivity contribution < 1.29 is 19.1 Å². The molecule has 2 amide bonds. The maximum absolute atomic E-state index is 15.8. The molecule has 37 heavy (non-hydrogen) atoms. The summed E-state index contributed by atoms with van der Waals surface area (Å²) in [5.74, 6) is -2.08. The van der Waals surface area contributed by atoms with Gasteiger partial charge in [0.2, 0.25) is 11.8 Å². The Morgan fingerprint density at radius 1 is 1.14 bits per heavy atom. The number of halogens is 3. The highest BCUT2D eigenvalue weighted by atomic mass is 35.5. The van der Waals surface area contributed by atoms with E-state index in [9.17, 15) is 14.7 Å². The highest BCUT2D eigenvalue weighted by Crippen LogP contribution is 2.61. The topological polar surface area (TPSA) is 90.5 Å². The molecule has 1 saturated carbocycles. The van der Waals surface area contributed by atoms with E-state index in [0.29, 0.717) is 54.8 Å². The molecule has 5 rings (SSSR count). The summed E-state index contributed by atoms with van der Waals surface area (Å²) in [4.78, 5) is 28.1. The Morgan fingerprint density at radius 2 is 1.84 bits per heavy atom. The summed E-state index contributed by atoms with van der Waals surface area (Å²) in [6.45, 7) is 3.96. The number of carbonyl (C=O) groups is 2. The summed E-state index contributed by atoms with van der Waals surface area (Å²) in [5.41, 5.74) is -0.646. The van der Waals surface area contributed by atoms with E-state index in [-0.39, 0.29) is 34.5 Å². The van der Waals surface area contributed by atoms with Gasteiger partial charge in [-0.1, -0.05) is 55.2 Å². The Bertz CT molecular complexity index is 1230. The standard InChI is InChI=1S/C28H32Cl2FN3O3/c1-3-27(4-2)28(19-13-8-15(29)14-21(19)33-26(28)37)22(18-6-5-7-20(30)23(18)31)24(34-27)25(36)32-16-9-11-17(35)12-10-16/h5-8,13-14,16-17,22,24,34-35H,3-4,9-12H2,1-2H3,(H,32,36)(H,33,37). The van der Waals surface area contributed by atoms with E-state index < -0.39 is 28.7 Å². The van der Waals surface area contributed by atoms with Gasteiger partial charge in [0.05, 0.1) is 17.2 Å². The van der Waals surface area contributed by atoms with E-state index in [1.807, 2.05) is 19.9 Å². The quantitative estimate of drug-likeness (QED) is 0.421. The van der Waals surface area contributed by atoms with Crippen LogP contribution in [0.2, 0.25) is 10.0 Å². The van der Waals surface area contributed by atoms with Crippen LogP contribution in [0.15, 0.2) is 36.4 Å². The maximum Gasteiger partial charge on any atom is 0.238 e. The number of benzene rings is 2. The van der Waals surface area contributed by atoms with Crippen molar-refractivity contribution in [1.82, 2.24) is 10.6 Å². The number of anilines is 1. The summed E-state index contributed by atoms with van der Waals surface area (Å²) >= 11 is 12.5. The van der Waals surface area contributed by atoms with Crippen LogP contribution in [-0.2, 0) is 15.0 Å². The molecule has 0 aromatic heterocycles. The minimum Gasteiger partial charge on any atom is -0.393 e. The number of aliphatic hydroxyl groups is 1. The molecule has 6 nitrogen and oxygen atoms in total. The number of rotatable bonds is 5. The molecule has 2 fully saturated rings. The minimum atomic E-state index is -1.29. The number of fused-ring (bicyclic) bond motifs is 2. The molecule has 1 saturated heterocycles. The van der Waals surface area contributed by atoms with Gasteiger partial charge < -0.3 is 15.7 Å². The molecule has 2 aliphatic heterocycles. The van der Waals surface area contributed by atoms with Gasteiger partial charge in [-0.3, -0.25) is 14.9 Å². The third-order valence-electron chi connectivity index (χ3n) is 8.85. The van der Waals surface area contributed by atoms with E-state index in [1.165, 1.54) is 6.07 Å². The van der Waals surface area contributed by atoms with Crippen molar-refractivity contribution >= 4 is 40.7 Å². The molecule has 198 valence electrons. The van der Waals surface area contributed by atoms with Crippen LogP contribution >= 0.6 is 23.2 Å². The molecule has 3 aliphatic rings. The largest absolute Gasteiger partial charge is 0.393 e. The van der Waals surface area contributed by atoms with Gasteiger partial charge in [0, 0.05) is 28.2 Å². The fraction of sp³-hybridized carbons (Fsp3) is 0.500. The summed E-state index contributed by atoms with van der Waals surface area (Å²) in [6, 6.07) is 8.99. The molecule has 0 bridgehead atoms. The van der Waals surface area contributed by atoms with Crippen molar-refractivity contribution in [3.63, 3.8) is 0 Å². The Morgan fingerprint density at radius 3 is 2.51 bits per heavy atom.